The van der Waals surface area contributed by atoms with Crippen molar-refractivity contribution in [3.63, 3.8) is 0 Å². The van der Waals surface area contributed by atoms with Crippen molar-refractivity contribution in [1.82, 2.24) is 5.32 Å². The van der Waals surface area contributed by atoms with Gasteiger partial charge in [0, 0.05) is 0 Å². The summed E-state index contributed by atoms with van der Waals surface area (Å²) in [6.07, 6.45) is -0.262. The zero-order chi connectivity index (χ0) is 18.5. The fourth-order valence-corrected chi connectivity index (χ4v) is 3.42. The largest absolute Gasteiger partial charge is 0.497 e. The topological polar surface area (TPSA) is 84.9 Å². The molecule has 27 heavy (non-hydrogen) atoms. The third kappa shape index (κ3) is 5.63. The summed E-state index contributed by atoms with van der Waals surface area (Å²) < 4.78 is 10.7. The number of amides is 2. The molecule has 0 aromatic heterocycles. The molecule has 1 aliphatic rings. The monoisotopic (exact) mass is 409 g/mol. The van der Waals surface area contributed by atoms with Crippen LogP contribution in [0.25, 0.3) is 0 Å². The molecule has 8 heteroatoms. The van der Waals surface area contributed by atoms with Gasteiger partial charge < -0.3 is 14.6 Å². The van der Waals surface area contributed by atoms with E-state index in [2.05, 4.69) is 5.32 Å². The molecule has 3 rings (SSSR count). The van der Waals surface area contributed by atoms with E-state index >= 15 is 0 Å². The van der Waals surface area contributed by atoms with E-state index in [1.807, 2.05) is 12.1 Å². The van der Waals surface area contributed by atoms with Crippen LogP contribution in [0.15, 0.2) is 48.5 Å². The van der Waals surface area contributed by atoms with Crippen molar-refractivity contribution < 1.29 is 24.2 Å². The third-order valence-corrected chi connectivity index (χ3v) is 5.00. The van der Waals surface area contributed by atoms with Crippen LogP contribution in [0.3, 0.4) is 0 Å². The van der Waals surface area contributed by atoms with E-state index in [4.69, 9.17) is 9.47 Å². The molecule has 2 N–H and O–H groups in total. The Labute approximate surface area is 167 Å². The molecule has 0 spiro atoms. The average molecular weight is 410 g/mol. The highest BCUT2D eigenvalue weighted by Gasteiger charge is 2.31. The maximum atomic E-state index is 11.6. The molecule has 0 radical (unpaired) electrons. The quantitative estimate of drug-likeness (QED) is 0.730. The minimum Gasteiger partial charge on any atom is -0.497 e. The first-order valence-corrected chi connectivity index (χ1v) is 8.98. The molecule has 2 atom stereocenters. The highest BCUT2D eigenvalue weighted by Crippen LogP contribution is 2.24. The Balaban J connectivity index is 0.00000261. The van der Waals surface area contributed by atoms with Gasteiger partial charge in [0.25, 0.3) is 5.24 Å². The summed E-state index contributed by atoms with van der Waals surface area (Å²) >= 11 is 1.01. The molecule has 1 aliphatic heterocycles. The standard InChI is InChI=1S/C19H19NO5S.ClH/c1-24-14-8-4-13(5-9-14)16(21)11-25-15-6-2-12(3-7-15)10-17-18(22)20-19(23)26-17;/h2-9,16-17,21H,10-11H2,1H3,(H,20,22,23);1H/t16-,17?;/m1./s1. The third-order valence-electron chi connectivity index (χ3n) is 4.02. The Kier molecular flexibility index (Phi) is 7.53. The van der Waals surface area contributed by atoms with Crippen LogP contribution in [0.1, 0.15) is 17.2 Å². The summed E-state index contributed by atoms with van der Waals surface area (Å²) in [4.78, 5) is 22.8. The summed E-state index contributed by atoms with van der Waals surface area (Å²) in [6.45, 7) is 0.126. The lowest BCUT2D eigenvalue weighted by Crippen LogP contribution is -2.25. The van der Waals surface area contributed by atoms with Crippen molar-refractivity contribution in [2.45, 2.75) is 17.8 Å². The number of methoxy groups -OCH3 is 1. The van der Waals surface area contributed by atoms with Crippen LogP contribution in [0.5, 0.6) is 11.5 Å². The number of nitrogens with one attached hydrogen (secondary N) is 1. The number of halogens is 1. The smallest absolute Gasteiger partial charge is 0.286 e. The zero-order valence-corrected chi connectivity index (χ0v) is 16.2. The Morgan fingerprint density at radius 1 is 1.07 bits per heavy atom. The van der Waals surface area contributed by atoms with Gasteiger partial charge >= 0.3 is 0 Å². The lowest BCUT2D eigenvalue weighted by Gasteiger charge is -2.13. The van der Waals surface area contributed by atoms with Crippen molar-refractivity contribution in [2.24, 2.45) is 0 Å². The number of carbonyl (C=O) groups excluding carboxylic acids is 2. The molecule has 0 saturated carbocycles. The zero-order valence-electron chi connectivity index (χ0n) is 14.6. The molecule has 0 aliphatic carbocycles. The highest BCUT2D eigenvalue weighted by atomic mass is 35.5. The average Bonchev–Trinajstić information content (AvgIpc) is 2.98. The van der Waals surface area contributed by atoms with E-state index in [0.29, 0.717) is 12.2 Å². The first-order chi connectivity index (χ1) is 12.5. The van der Waals surface area contributed by atoms with Crippen LogP contribution >= 0.6 is 24.2 Å². The van der Waals surface area contributed by atoms with Gasteiger partial charge in [0.05, 0.1) is 12.4 Å². The van der Waals surface area contributed by atoms with Crippen molar-refractivity contribution in [3.8, 4) is 11.5 Å². The van der Waals surface area contributed by atoms with Crippen LogP contribution in [-0.4, -0.2) is 35.2 Å². The van der Waals surface area contributed by atoms with Crippen LogP contribution in [0.2, 0.25) is 0 Å². The molecule has 1 heterocycles. The van der Waals surface area contributed by atoms with E-state index in [1.165, 1.54) is 0 Å². The SMILES string of the molecule is COc1ccc([C@H](O)COc2ccc(CC3SC(=O)NC3=O)cc2)cc1.Cl. The van der Waals surface area contributed by atoms with Gasteiger partial charge in [-0.2, -0.15) is 0 Å². The first-order valence-electron chi connectivity index (χ1n) is 8.10. The number of benzene rings is 2. The van der Waals surface area contributed by atoms with Crippen molar-refractivity contribution in [3.05, 3.63) is 59.7 Å². The Morgan fingerprint density at radius 3 is 2.26 bits per heavy atom. The van der Waals surface area contributed by atoms with E-state index < -0.39 is 6.10 Å². The molecular formula is C19H20ClNO5S. The molecule has 144 valence electrons. The van der Waals surface area contributed by atoms with Gasteiger partial charge in [0.1, 0.15) is 24.2 Å². The number of thioether (sulfide) groups is 1. The second kappa shape index (κ2) is 9.64. The summed E-state index contributed by atoms with van der Waals surface area (Å²) in [5.41, 5.74) is 1.69. The molecule has 0 bridgehead atoms. The van der Waals surface area contributed by atoms with Gasteiger partial charge in [0.15, 0.2) is 0 Å². The van der Waals surface area contributed by atoms with E-state index in [-0.39, 0.29) is 35.4 Å². The lowest BCUT2D eigenvalue weighted by atomic mass is 10.1. The van der Waals surface area contributed by atoms with Crippen molar-refractivity contribution in [2.75, 3.05) is 13.7 Å². The normalized spacial score (nSPS) is 17.0. The molecule has 2 aromatic rings. The Morgan fingerprint density at radius 2 is 1.70 bits per heavy atom. The lowest BCUT2D eigenvalue weighted by molar-refractivity contribution is -0.118. The predicted octanol–water partition coefficient (Wildman–Crippen LogP) is 3.12. The minimum atomic E-state index is -0.745. The van der Waals surface area contributed by atoms with Gasteiger partial charge in [-0.15, -0.1) is 12.4 Å². The van der Waals surface area contributed by atoms with Crippen LogP contribution < -0.4 is 14.8 Å². The Bertz CT molecular complexity index is 782. The number of rotatable bonds is 7. The van der Waals surface area contributed by atoms with Gasteiger partial charge in [-0.25, -0.2) is 0 Å². The second-order valence-corrected chi connectivity index (χ2v) is 7.01. The Hall–Kier alpha value is -2.22. The van der Waals surface area contributed by atoms with Crippen LogP contribution in [-0.2, 0) is 11.2 Å². The summed E-state index contributed by atoms with van der Waals surface area (Å²) in [6, 6.07) is 14.4. The fraction of sp³-hybridized carbons (Fsp3) is 0.263. The molecule has 1 fully saturated rings. The molecule has 2 amide bonds. The number of aliphatic hydroxyl groups is 1. The number of hydrogen-bond donors (Lipinski definition) is 2. The molecule has 1 unspecified atom stereocenters. The van der Waals surface area contributed by atoms with Crippen molar-refractivity contribution in [1.29, 1.82) is 0 Å². The number of ether oxygens (including phenoxy) is 2. The maximum absolute atomic E-state index is 11.6. The maximum Gasteiger partial charge on any atom is 0.286 e. The van der Waals surface area contributed by atoms with Crippen molar-refractivity contribution >= 4 is 35.3 Å². The molecular weight excluding hydrogens is 390 g/mol. The summed E-state index contributed by atoms with van der Waals surface area (Å²) in [7, 11) is 1.59. The molecule has 1 saturated heterocycles. The predicted molar refractivity (Wildman–Crippen MR) is 106 cm³/mol. The van der Waals surface area contributed by atoms with Crippen LogP contribution in [0, 0.1) is 0 Å². The second-order valence-electron chi connectivity index (χ2n) is 5.83. The van der Waals surface area contributed by atoms with Crippen LogP contribution in [0.4, 0.5) is 4.79 Å². The van der Waals surface area contributed by atoms with Gasteiger partial charge in [-0.05, 0) is 41.8 Å². The molecule has 6 nitrogen and oxygen atoms in total. The first kappa shape index (κ1) is 21.1. The van der Waals surface area contributed by atoms with E-state index in [0.717, 1.165) is 28.6 Å². The van der Waals surface area contributed by atoms with Gasteiger partial charge in [-0.1, -0.05) is 36.0 Å². The number of aliphatic hydroxyl groups excluding tert-OH is 1. The highest BCUT2D eigenvalue weighted by molar-refractivity contribution is 8.15. The number of hydrogen-bond acceptors (Lipinski definition) is 6. The summed E-state index contributed by atoms with van der Waals surface area (Å²) in [5.74, 6) is 1.11. The van der Waals surface area contributed by atoms with E-state index in [9.17, 15) is 14.7 Å². The number of carbonyl (C=O) groups is 2. The van der Waals surface area contributed by atoms with E-state index in [1.54, 1.807) is 43.5 Å². The van der Waals surface area contributed by atoms with Gasteiger partial charge in [-0.3, -0.25) is 14.9 Å². The molecule has 2 aromatic carbocycles. The minimum absolute atomic E-state index is 0. The number of imide groups is 1. The summed E-state index contributed by atoms with van der Waals surface area (Å²) in [5, 5.41) is 11.8. The van der Waals surface area contributed by atoms with Gasteiger partial charge in [0.2, 0.25) is 5.91 Å². The fourth-order valence-electron chi connectivity index (χ4n) is 2.56.